The van der Waals surface area contributed by atoms with Crippen LogP contribution in [0.25, 0.3) is 0 Å². The standard InChI is InChI=1S/C10H13ClN2/c1-7(2)10(11)13-9-6-4-5-8(3)12-9/h4-7H,1-3H3. The van der Waals surface area contributed by atoms with E-state index in [1.54, 1.807) is 0 Å². The Morgan fingerprint density at radius 3 is 2.69 bits per heavy atom. The third-order valence-electron chi connectivity index (χ3n) is 1.57. The number of aromatic nitrogens is 1. The molecule has 3 heteroatoms. The average Bonchev–Trinajstić information content (AvgIpc) is 2.04. The Balaban J connectivity index is 2.91. The second-order valence-corrected chi connectivity index (χ2v) is 3.61. The first-order valence-corrected chi connectivity index (χ1v) is 4.65. The Labute approximate surface area is 83.7 Å². The van der Waals surface area contributed by atoms with Crippen molar-refractivity contribution < 1.29 is 0 Å². The van der Waals surface area contributed by atoms with Crippen molar-refractivity contribution >= 4 is 22.6 Å². The van der Waals surface area contributed by atoms with Gasteiger partial charge in [-0.2, -0.15) is 0 Å². The Hall–Kier alpha value is -0.890. The van der Waals surface area contributed by atoms with Crippen LogP contribution in [0.1, 0.15) is 19.5 Å². The maximum atomic E-state index is 5.91. The first kappa shape index (κ1) is 10.2. The molecule has 13 heavy (non-hydrogen) atoms. The number of pyridine rings is 1. The number of aliphatic imine (C=N–C) groups is 1. The van der Waals surface area contributed by atoms with Crippen molar-refractivity contribution in [1.29, 1.82) is 0 Å². The van der Waals surface area contributed by atoms with Crippen LogP contribution >= 0.6 is 11.6 Å². The molecule has 1 heterocycles. The van der Waals surface area contributed by atoms with Crippen LogP contribution in [-0.2, 0) is 0 Å². The van der Waals surface area contributed by atoms with Gasteiger partial charge in [-0.05, 0) is 19.1 Å². The van der Waals surface area contributed by atoms with E-state index in [-0.39, 0.29) is 5.92 Å². The lowest BCUT2D eigenvalue weighted by Crippen LogP contribution is -1.97. The van der Waals surface area contributed by atoms with Crippen LogP contribution in [0.2, 0.25) is 0 Å². The molecule has 1 aromatic rings. The first-order valence-electron chi connectivity index (χ1n) is 4.27. The van der Waals surface area contributed by atoms with E-state index in [0.29, 0.717) is 11.0 Å². The topological polar surface area (TPSA) is 25.2 Å². The normalized spacial score (nSPS) is 12.2. The molecular formula is C10H13ClN2. The Morgan fingerprint density at radius 2 is 2.15 bits per heavy atom. The van der Waals surface area contributed by atoms with Crippen molar-refractivity contribution in [3.63, 3.8) is 0 Å². The van der Waals surface area contributed by atoms with Gasteiger partial charge in [0.15, 0.2) is 5.82 Å². The lowest BCUT2D eigenvalue weighted by atomic mass is 10.2. The van der Waals surface area contributed by atoms with Gasteiger partial charge in [-0.1, -0.05) is 31.5 Å². The zero-order valence-corrected chi connectivity index (χ0v) is 8.84. The van der Waals surface area contributed by atoms with E-state index >= 15 is 0 Å². The van der Waals surface area contributed by atoms with Gasteiger partial charge < -0.3 is 0 Å². The monoisotopic (exact) mass is 196 g/mol. The van der Waals surface area contributed by atoms with Crippen molar-refractivity contribution in [2.75, 3.05) is 0 Å². The fourth-order valence-corrected chi connectivity index (χ4v) is 0.916. The predicted molar refractivity (Wildman–Crippen MR) is 56.8 cm³/mol. The molecule has 1 aromatic heterocycles. The van der Waals surface area contributed by atoms with Crippen LogP contribution in [0, 0.1) is 12.8 Å². The van der Waals surface area contributed by atoms with E-state index < -0.39 is 0 Å². The fraction of sp³-hybridized carbons (Fsp3) is 0.400. The number of nitrogens with zero attached hydrogens (tertiary/aromatic N) is 2. The van der Waals surface area contributed by atoms with Gasteiger partial charge in [0.05, 0.1) is 0 Å². The molecule has 1 rings (SSSR count). The third kappa shape index (κ3) is 3.15. The molecule has 0 amide bonds. The van der Waals surface area contributed by atoms with Gasteiger partial charge in [-0.15, -0.1) is 0 Å². The summed E-state index contributed by atoms with van der Waals surface area (Å²) in [6.07, 6.45) is 0. The van der Waals surface area contributed by atoms with Crippen molar-refractivity contribution in [2.45, 2.75) is 20.8 Å². The number of hydrogen-bond acceptors (Lipinski definition) is 2. The van der Waals surface area contributed by atoms with Crippen molar-refractivity contribution in [3.8, 4) is 0 Å². The molecule has 2 nitrogen and oxygen atoms in total. The molecule has 0 aliphatic rings. The zero-order valence-electron chi connectivity index (χ0n) is 8.08. The minimum Gasteiger partial charge on any atom is -0.234 e. The summed E-state index contributed by atoms with van der Waals surface area (Å²) < 4.78 is 0. The Kier molecular flexibility index (Phi) is 3.43. The summed E-state index contributed by atoms with van der Waals surface area (Å²) >= 11 is 5.91. The maximum Gasteiger partial charge on any atom is 0.153 e. The van der Waals surface area contributed by atoms with Crippen molar-refractivity contribution in [3.05, 3.63) is 23.9 Å². The van der Waals surface area contributed by atoms with Crippen LogP contribution in [0.3, 0.4) is 0 Å². The van der Waals surface area contributed by atoms with Gasteiger partial charge in [0.25, 0.3) is 0 Å². The summed E-state index contributed by atoms with van der Waals surface area (Å²) in [6, 6.07) is 5.70. The Bertz CT molecular complexity index is 318. The summed E-state index contributed by atoms with van der Waals surface area (Å²) in [5.41, 5.74) is 0.953. The molecule has 0 fully saturated rings. The van der Waals surface area contributed by atoms with Crippen LogP contribution in [-0.4, -0.2) is 10.2 Å². The van der Waals surface area contributed by atoms with Gasteiger partial charge in [0.1, 0.15) is 5.17 Å². The maximum absolute atomic E-state index is 5.91. The molecule has 0 atom stereocenters. The second kappa shape index (κ2) is 4.38. The molecule has 0 saturated carbocycles. The third-order valence-corrected chi connectivity index (χ3v) is 2.09. The van der Waals surface area contributed by atoms with Gasteiger partial charge in [0.2, 0.25) is 0 Å². The summed E-state index contributed by atoms with van der Waals surface area (Å²) in [5, 5.41) is 0.595. The minimum absolute atomic E-state index is 0.254. The molecule has 0 aromatic carbocycles. The van der Waals surface area contributed by atoms with E-state index in [2.05, 4.69) is 9.98 Å². The quantitative estimate of drug-likeness (QED) is 0.667. The fourth-order valence-electron chi connectivity index (χ4n) is 0.829. The van der Waals surface area contributed by atoms with E-state index in [1.165, 1.54) is 0 Å². The summed E-state index contributed by atoms with van der Waals surface area (Å²) in [6.45, 7) is 5.94. The molecule has 0 bridgehead atoms. The number of rotatable bonds is 2. The van der Waals surface area contributed by atoms with Gasteiger partial charge in [-0.25, -0.2) is 9.98 Å². The number of aryl methyl sites for hydroxylation is 1. The lowest BCUT2D eigenvalue weighted by Gasteiger charge is -2.01. The van der Waals surface area contributed by atoms with Crippen molar-refractivity contribution in [1.82, 2.24) is 4.98 Å². The minimum atomic E-state index is 0.254. The van der Waals surface area contributed by atoms with E-state index in [4.69, 9.17) is 11.6 Å². The highest BCUT2D eigenvalue weighted by molar-refractivity contribution is 6.66. The molecule has 0 saturated heterocycles. The average molecular weight is 197 g/mol. The number of hydrogen-bond donors (Lipinski definition) is 0. The predicted octanol–water partition coefficient (Wildman–Crippen LogP) is 3.31. The molecule has 0 aliphatic carbocycles. The zero-order chi connectivity index (χ0) is 9.84. The summed E-state index contributed by atoms with van der Waals surface area (Å²) in [4.78, 5) is 8.41. The summed E-state index contributed by atoms with van der Waals surface area (Å²) in [5.74, 6) is 0.933. The SMILES string of the molecule is Cc1cccc(N=C(Cl)C(C)C)n1. The first-order chi connectivity index (χ1) is 6.09. The molecule has 0 radical (unpaired) electrons. The molecule has 0 unspecified atom stereocenters. The van der Waals surface area contributed by atoms with Crippen LogP contribution < -0.4 is 0 Å². The lowest BCUT2D eigenvalue weighted by molar-refractivity contribution is 0.897. The second-order valence-electron chi connectivity index (χ2n) is 3.23. The molecule has 0 spiro atoms. The van der Waals surface area contributed by atoms with E-state index in [0.717, 1.165) is 5.69 Å². The smallest absolute Gasteiger partial charge is 0.153 e. The highest BCUT2D eigenvalue weighted by Gasteiger charge is 2.01. The van der Waals surface area contributed by atoms with Crippen LogP contribution in [0.5, 0.6) is 0 Å². The van der Waals surface area contributed by atoms with E-state index in [1.807, 2.05) is 39.0 Å². The molecule has 70 valence electrons. The Morgan fingerprint density at radius 1 is 1.46 bits per heavy atom. The summed E-state index contributed by atoms with van der Waals surface area (Å²) in [7, 11) is 0. The van der Waals surface area contributed by atoms with Crippen molar-refractivity contribution in [2.24, 2.45) is 10.9 Å². The van der Waals surface area contributed by atoms with Gasteiger partial charge >= 0.3 is 0 Å². The largest absolute Gasteiger partial charge is 0.234 e. The molecule has 0 aliphatic heterocycles. The van der Waals surface area contributed by atoms with Crippen LogP contribution in [0.4, 0.5) is 5.82 Å². The van der Waals surface area contributed by atoms with E-state index in [9.17, 15) is 0 Å². The molecule has 0 N–H and O–H groups in total. The molecular weight excluding hydrogens is 184 g/mol. The highest BCUT2D eigenvalue weighted by atomic mass is 35.5. The van der Waals surface area contributed by atoms with Crippen LogP contribution in [0.15, 0.2) is 23.2 Å². The van der Waals surface area contributed by atoms with Gasteiger partial charge in [0, 0.05) is 11.6 Å². The van der Waals surface area contributed by atoms with Gasteiger partial charge in [-0.3, -0.25) is 0 Å². The highest BCUT2D eigenvalue weighted by Crippen LogP contribution is 2.12. The number of halogens is 1.